The Morgan fingerprint density at radius 3 is 2.76 bits per heavy atom. The highest BCUT2D eigenvalue weighted by Gasteiger charge is 2.32. The van der Waals surface area contributed by atoms with E-state index in [1.54, 1.807) is 30.0 Å². The molecule has 1 N–H and O–H groups in total. The van der Waals surface area contributed by atoms with Gasteiger partial charge >= 0.3 is 0 Å². The van der Waals surface area contributed by atoms with E-state index in [1.807, 2.05) is 6.07 Å². The minimum atomic E-state index is -3.00. The van der Waals surface area contributed by atoms with Crippen LogP contribution in [-0.2, 0) is 10.0 Å². The molecule has 1 aromatic rings. The molecule has 17 heavy (non-hydrogen) atoms. The van der Waals surface area contributed by atoms with Crippen molar-refractivity contribution in [3.63, 3.8) is 0 Å². The molecule has 1 heterocycles. The van der Waals surface area contributed by atoms with Gasteiger partial charge in [0.05, 0.1) is 6.26 Å². The second-order valence-corrected chi connectivity index (χ2v) is 7.33. The van der Waals surface area contributed by atoms with Crippen molar-refractivity contribution in [1.82, 2.24) is 4.31 Å². The van der Waals surface area contributed by atoms with Gasteiger partial charge in [0, 0.05) is 23.7 Å². The molecule has 2 rings (SSSR count). The van der Waals surface area contributed by atoms with Gasteiger partial charge in [-0.15, -0.1) is 11.8 Å². The summed E-state index contributed by atoms with van der Waals surface area (Å²) in [6, 6.07) is 7.11. The summed E-state index contributed by atoms with van der Waals surface area (Å²) in [6.45, 7) is 1.23. The highest BCUT2D eigenvalue weighted by molar-refractivity contribution is 7.99. The second kappa shape index (κ2) is 4.88. The Kier molecular flexibility index (Phi) is 3.65. The van der Waals surface area contributed by atoms with Crippen molar-refractivity contribution in [2.45, 2.75) is 4.90 Å². The summed E-state index contributed by atoms with van der Waals surface area (Å²) < 4.78 is 23.8. The van der Waals surface area contributed by atoms with Crippen molar-refractivity contribution in [2.24, 2.45) is 5.92 Å². The minimum absolute atomic E-state index is 0.265. The average Bonchev–Trinajstić information content (AvgIpc) is 2.13. The van der Waals surface area contributed by atoms with E-state index in [4.69, 9.17) is 0 Å². The van der Waals surface area contributed by atoms with Crippen LogP contribution in [0.25, 0.3) is 0 Å². The summed E-state index contributed by atoms with van der Waals surface area (Å²) in [6.07, 6.45) is 1.24. The van der Waals surface area contributed by atoms with Crippen LogP contribution in [0.15, 0.2) is 29.2 Å². The minimum Gasteiger partial charge on any atom is -0.508 e. The molecule has 1 aromatic carbocycles. The number of hydrogen-bond donors (Lipinski definition) is 1. The number of rotatable bonds is 4. The first-order chi connectivity index (χ1) is 7.95. The molecule has 1 aliphatic heterocycles. The fourth-order valence-electron chi connectivity index (χ4n) is 1.69. The molecule has 94 valence electrons. The third kappa shape index (κ3) is 3.37. The number of nitrogens with zero attached hydrogens (tertiary/aromatic N) is 1. The van der Waals surface area contributed by atoms with Crippen LogP contribution in [0.1, 0.15) is 0 Å². The Hall–Kier alpha value is -0.720. The van der Waals surface area contributed by atoms with Crippen LogP contribution in [0.3, 0.4) is 0 Å². The summed E-state index contributed by atoms with van der Waals surface area (Å²) >= 11 is 1.65. The van der Waals surface area contributed by atoms with Crippen molar-refractivity contribution in [2.75, 3.05) is 25.1 Å². The number of phenols is 1. The standard InChI is InChI=1S/C11H15NO3S2/c1-17(14,15)12-6-9(7-12)8-16-11-4-2-3-10(13)5-11/h2-5,9,13H,6-8H2,1H3. The van der Waals surface area contributed by atoms with Crippen LogP contribution in [0.5, 0.6) is 5.75 Å². The van der Waals surface area contributed by atoms with Crippen LogP contribution >= 0.6 is 11.8 Å². The summed E-state index contributed by atoms with van der Waals surface area (Å²) in [7, 11) is -3.00. The van der Waals surface area contributed by atoms with Gasteiger partial charge in [-0.1, -0.05) is 6.07 Å². The number of thioether (sulfide) groups is 1. The lowest BCUT2D eigenvalue weighted by Crippen LogP contribution is -2.50. The molecule has 0 unspecified atom stereocenters. The van der Waals surface area contributed by atoms with E-state index in [0.717, 1.165) is 10.6 Å². The van der Waals surface area contributed by atoms with Gasteiger partial charge in [-0.3, -0.25) is 0 Å². The predicted molar refractivity (Wildman–Crippen MR) is 68.7 cm³/mol. The van der Waals surface area contributed by atoms with Gasteiger partial charge in [0.2, 0.25) is 10.0 Å². The zero-order valence-electron chi connectivity index (χ0n) is 9.54. The molecule has 6 heteroatoms. The third-order valence-electron chi connectivity index (χ3n) is 2.70. The second-order valence-electron chi connectivity index (χ2n) is 4.25. The van der Waals surface area contributed by atoms with Gasteiger partial charge in [0.15, 0.2) is 0 Å². The molecule has 0 aromatic heterocycles. The van der Waals surface area contributed by atoms with Crippen LogP contribution in [0.4, 0.5) is 0 Å². The molecular weight excluding hydrogens is 258 g/mol. The molecule has 0 radical (unpaired) electrons. The van der Waals surface area contributed by atoms with E-state index in [-0.39, 0.29) is 5.75 Å². The lowest BCUT2D eigenvalue weighted by molar-refractivity contribution is 0.224. The topological polar surface area (TPSA) is 57.6 Å². The highest BCUT2D eigenvalue weighted by Crippen LogP contribution is 2.28. The summed E-state index contributed by atoms with van der Waals surface area (Å²) in [5.74, 6) is 1.56. The zero-order valence-corrected chi connectivity index (χ0v) is 11.2. The van der Waals surface area contributed by atoms with E-state index < -0.39 is 10.0 Å². The monoisotopic (exact) mass is 273 g/mol. The van der Waals surface area contributed by atoms with Crippen LogP contribution < -0.4 is 0 Å². The van der Waals surface area contributed by atoms with Gasteiger partial charge in [0.1, 0.15) is 5.75 Å². The van der Waals surface area contributed by atoms with Crippen LogP contribution in [0, 0.1) is 5.92 Å². The van der Waals surface area contributed by atoms with Crippen molar-refractivity contribution >= 4 is 21.8 Å². The molecule has 0 amide bonds. The number of benzene rings is 1. The average molecular weight is 273 g/mol. The Bertz CT molecular complexity index is 495. The first-order valence-corrected chi connectivity index (χ1v) is 8.15. The van der Waals surface area contributed by atoms with Gasteiger partial charge < -0.3 is 5.11 Å². The molecule has 0 atom stereocenters. The SMILES string of the molecule is CS(=O)(=O)N1CC(CSc2cccc(O)c2)C1. The van der Waals surface area contributed by atoms with Crippen LogP contribution in [-0.4, -0.2) is 42.9 Å². The van der Waals surface area contributed by atoms with Gasteiger partial charge in [-0.25, -0.2) is 12.7 Å². The Labute approximate surface area is 106 Å². The maximum atomic E-state index is 11.2. The van der Waals surface area contributed by atoms with E-state index in [0.29, 0.717) is 19.0 Å². The number of phenolic OH excluding ortho intramolecular Hbond substituents is 1. The molecule has 0 spiro atoms. The van der Waals surface area contributed by atoms with Crippen LogP contribution in [0.2, 0.25) is 0 Å². The van der Waals surface area contributed by atoms with E-state index >= 15 is 0 Å². The largest absolute Gasteiger partial charge is 0.508 e. The fraction of sp³-hybridized carbons (Fsp3) is 0.455. The number of hydrogen-bond acceptors (Lipinski definition) is 4. The maximum absolute atomic E-state index is 11.2. The van der Waals surface area contributed by atoms with Gasteiger partial charge in [-0.05, 0) is 24.1 Å². The first-order valence-electron chi connectivity index (χ1n) is 5.32. The number of sulfonamides is 1. The lowest BCUT2D eigenvalue weighted by Gasteiger charge is -2.36. The summed E-state index contributed by atoms with van der Waals surface area (Å²) in [5, 5.41) is 9.30. The van der Waals surface area contributed by atoms with Gasteiger partial charge in [-0.2, -0.15) is 0 Å². The van der Waals surface area contributed by atoms with Crippen molar-refractivity contribution in [3.05, 3.63) is 24.3 Å². The van der Waals surface area contributed by atoms with E-state index in [9.17, 15) is 13.5 Å². The van der Waals surface area contributed by atoms with Crippen molar-refractivity contribution < 1.29 is 13.5 Å². The zero-order chi connectivity index (χ0) is 12.5. The molecule has 0 bridgehead atoms. The molecule has 0 aliphatic carbocycles. The summed E-state index contributed by atoms with van der Waals surface area (Å²) in [4.78, 5) is 1.02. The molecule has 1 saturated heterocycles. The molecular formula is C11H15NO3S2. The normalized spacial score (nSPS) is 17.9. The molecule has 1 fully saturated rings. The first kappa shape index (κ1) is 12.7. The lowest BCUT2D eigenvalue weighted by atomic mass is 10.1. The Balaban J connectivity index is 1.79. The Morgan fingerprint density at radius 1 is 1.47 bits per heavy atom. The maximum Gasteiger partial charge on any atom is 0.211 e. The van der Waals surface area contributed by atoms with E-state index in [2.05, 4.69) is 0 Å². The van der Waals surface area contributed by atoms with E-state index in [1.165, 1.54) is 10.6 Å². The quantitative estimate of drug-likeness (QED) is 0.842. The van der Waals surface area contributed by atoms with Crippen molar-refractivity contribution in [3.8, 4) is 5.75 Å². The van der Waals surface area contributed by atoms with Gasteiger partial charge in [0.25, 0.3) is 0 Å². The third-order valence-corrected chi connectivity index (χ3v) is 5.16. The smallest absolute Gasteiger partial charge is 0.211 e. The molecule has 4 nitrogen and oxygen atoms in total. The number of aromatic hydroxyl groups is 1. The Morgan fingerprint density at radius 2 is 2.18 bits per heavy atom. The fourth-order valence-corrected chi connectivity index (χ4v) is 3.67. The predicted octanol–water partition coefficient (Wildman–Crippen LogP) is 1.38. The van der Waals surface area contributed by atoms with Crippen molar-refractivity contribution in [1.29, 1.82) is 0 Å². The highest BCUT2D eigenvalue weighted by atomic mass is 32.2. The summed E-state index contributed by atoms with van der Waals surface area (Å²) in [5.41, 5.74) is 0. The molecule has 0 saturated carbocycles. The molecule has 1 aliphatic rings.